The van der Waals surface area contributed by atoms with Crippen molar-refractivity contribution >= 4 is 0 Å². The van der Waals surface area contributed by atoms with Gasteiger partial charge in [-0.3, -0.25) is 4.68 Å². The van der Waals surface area contributed by atoms with Crippen LogP contribution in [0.3, 0.4) is 0 Å². The molecule has 1 N–H and O–H groups in total. The molecule has 0 spiro atoms. The predicted molar refractivity (Wildman–Crippen MR) is 80.0 cm³/mol. The van der Waals surface area contributed by atoms with Crippen molar-refractivity contribution in [1.82, 2.24) is 15.1 Å². The monoisotopic (exact) mass is 257 g/mol. The highest BCUT2D eigenvalue weighted by atomic mass is 15.3. The highest BCUT2D eigenvalue weighted by Gasteiger charge is 2.10. The van der Waals surface area contributed by atoms with Gasteiger partial charge in [-0.25, -0.2) is 0 Å². The summed E-state index contributed by atoms with van der Waals surface area (Å²) < 4.78 is 1.92. The molecule has 2 aromatic rings. The van der Waals surface area contributed by atoms with Gasteiger partial charge in [-0.2, -0.15) is 5.10 Å². The Morgan fingerprint density at radius 2 is 2.11 bits per heavy atom. The maximum Gasteiger partial charge on any atom is 0.0678 e. The first-order valence-corrected chi connectivity index (χ1v) is 7.08. The summed E-state index contributed by atoms with van der Waals surface area (Å²) in [5.74, 6) is 0. The van der Waals surface area contributed by atoms with Crippen LogP contribution < -0.4 is 5.32 Å². The molecule has 0 radical (unpaired) electrons. The van der Waals surface area contributed by atoms with Crippen LogP contribution in [0.1, 0.15) is 38.3 Å². The minimum atomic E-state index is 0.438. The lowest BCUT2D eigenvalue weighted by molar-refractivity contribution is 0.518. The molecule has 1 unspecified atom stereocenters. The molecule has 1 atom stereocenters. The van der Waals surface area contributed by atoms with E-state index in [9.17, 15) is 0 Å². The van der Waals surface area contributed by atoms with E-state index >= 15 is 0 Å². The Balaban J connectivity index is 2.26. The maximum atomic E-state index is 4.24. The molecular formula is C16H23N3. The quantitative estimate of drug-likeness (QED) is 0.858. The average Bonchev–Trinajstić information content (AvgIpc) is 2.86. The van der Waals surface area contributed by atoms with Crippen LogP contribution in [0, 0.1) is 0 Å². The molecule has 1 aromatic carbocycles. The molecule has 0 saturated carbocycles. The van der Waals surface area contributed by atoms with Crippen LogP contribution in [0.15, 0.2) is 36.5 Å². The first kappa shape index (κ1) is 13.8. The second-order valence-electron chi connectivity index (χ2n) is 4.88. The minimum Gasteiger partial charge on any atom is -0.310 e. The Morgan fingerprint density at radius 1 is 1.26 bits per heavy atom. The lowest BCUT2D eigenvalue weighted by Gasteiger charge is -2.18. The topological polar surface area (TPSA) is 29.9 Å². The fourth-order valence-electron chi connectivity index (χ4n) is 2.39. The smallest absolute Gasteiger partial charge is 0.0678 e. The van der Waals surface area contributed by atoms with Crippen LogP contribution in [0.5, 0.6) is 0 Å². The van der Waals surface area contributed by atoms with Crippen LogP contribution in [0.2, 0.25) is 0 Å². The third-order valence-corrected chi connectivity index (χ3v) is 3.45. The van der Waals surface area contributed by atoms with E-state index in [1.54, 1.807) is 0 Å². The Hall–Kier alpha value is -1.61. The van der Waals surface area contributed by atoms with Gasteiger partial charge in [0.25, 0.3) is 0 Å². The lowest BCUT2D eigenvalue weighted by Crippen LogP contribution is -2.21. The molecule has 2 rings (SSSR count). The number of nitrogens with zero attached hydrogens (tertiary/aromatic N) is 2. The van der Waals surface area contributed by atoms with E-state index in [0.717, 1.165) is 25.1 Å². The maximum absolute atomic E-state index is 4.24. The van der Waals surface area contributed by atoms with E-state index in [1.165, 1.54) is 11.1 Å². The lowest BCUT2D eigenvalue weighted by atomic mass is 10.0. The van der Waals surface area contributed by atoms with Crippen molar-refractivity contribution in [3.05, 3.63) is 42.1 Å². The van der Waals surface area contributed by atoms with Crippen molar-refractivity contribution in [2.24, 2.45) is 7.05 Å². The molecule has 3 nitrogen and oxygen atoms in total. The van der Waals surface area contributed by atoms with Crippen LogP contribution >= 0.6 is 0 Å². The van der Waals surface area contributed by atoms with Crippen molar-refractivity contribution in [3.63, 3.8) is 0 Å². The molecule has 102 valence electrons. The molecule has 1 heterocycles. The molecule has 0 saturated heterocycles. The highest BCUT2D eigenvalue weighted by Crippen LogP contribution is 2.24. The number of hydrogen-bond acceptors (Lipinski definition) is 2. The zero-order valence-corrected chi connectivity index (χ0v) is 12.1. The molecule has 3 heteroatoms. The number of hydrogen-bond donors (Lipinski definition) is 1. The normalized spacial score (nSPS) is 12.6. The number of aromatic nitrogens is 2. The van der Waals surface area contributed by atoms with Crippen molar-refractivity contribution in [1.29, 1.82) is 0 Å². The predicted octanol–water partition coefficient (Wildman–Crippen LogP) is 3.54. The Labute approximate surface area is 115 Å². The third-order valence-electron chi connectivity index (χ3n) is 3.45. The minimum absolute atomic E-state index is 0.438. The van der Waals surface area contributed by atoms with Crippen LogP contribution in [-0.4, -0.2) is 16.3 Å². The Bertz CT molecular complexity index is 516. The van der Waals surface area contributed by atoms with Gasteiger partial charge in [0.15, 0.2) is 0 Å². The van der Waals surface area contributed by atoms with Crippen molar-refractivity contribution in [2.45, 2.75) is 32.7 Å². The van der Waals surface area contributed by atoms with Gasteiger partial charge in [-0.15, -0.1) is 0 Å². The molecule has 0 aliphatic carbocycles. The van der Waals surface area contributed by atoms with E-state index in [0.29, 0.717) is 6.04 Å². The van der Waals surface area contributed by atoms with Gasteiger partial charge in [-0.1, -0.05) is 32.0 Å². The molecular weight excluding hydrogens is 234 g/mol. The number of aryl methyl sites for hydroxylation is 1. The number of rotatable bonds is 6. The van der Waals surface area contributed by atoms with E-state index in [-0.39, 0.29) is 0 Å². The molecule has 0 bridgehead atoms. The van der Waals surface area contributed by atoms with Crippen molar-refractivity contribution < 1.29 is 0 Å². The van der Waals surface area contributed by atoms with Gasteiger partial charge in [0.2, 0.25) is 0 Å². The largest absolute Gasteiger partial charge is 0.310 e. The molecule has 0 amide bonds. The Kier molecular flexibility index (Phi) is 4.74. The van der Waals surface area contributed by atoms with E-state index in [4.69, 9.17) is 0 Å². The van der Waals surface area contributed by atoms with E-state index < -0.39 is 0 Å². The summed E-state index contributed by atoms with van der Waals surface area (Å²) in [5, 5.41) is 7.84. The zero-order valence-electron chi connectivity index (χ0n) is 12.1. The van der Waals surface area contributed by atoms with Gasteiger partial charge in [0.05, 0.1) is 5.69 Å². The summed E-state index contributed by atoms with van der Waals surface area (Å²) in [6, 6.07) is 11.2. The third kappa shape index (κ3) is 3.24. The molecule has 1 aromatic heterocycles. The van der Waals surface area contributed by atoms with E-state index in [2.05, 4.69) is 54.6 Å². The van der Waals surface area contributed by atoms with Crippen molar-refractivity contribution in [2.75, 3.05) is 6.54 Å². The van der Waals surface area contributed by atoms with Crippen LogP contribution in [-0.2, 0) is 7.05 Å². The molecule has 0 fully saturated rings. The van der Waals surface area contributed by atoms with Gasteiger partial charge in [0.1, 0.15) is 0 Å². The van der Waals surface area contributed by atoms with Gasteiger partial charge < -0.3 is 5.32 Å². The first-order chi connectivity index (χ1) is 9.26. The summed E-state index contributed by atoms with van der Waals surface area (Å²) in [6.45, 7) is 5.49. The van der Waals surface area contributed by atoms with Gasteiger partial charge in [-0.05, 0) is 37.1 Å². The van der Waals surface area contributed by atoms with Gasteiger partial charge >= 0.3 is 0 Å². The summed E-state index contributed by atoms with van der Waals surface area (Å²) in [5.41, 5.74) is 3.75. The average molecular weight is 257 g/mol. The summed E-state index contributed by atoms with van der Waals surface area (Å²) in [6.07, 6.45) is 4.11. The second kappa shape index (κ2) is 6.53. The van der Waals surface area contributed by atoms with E-state index in [1.807, 2.05) is 17.9 Å². The van der Waals surface area contributed by atoms with Crippen molar-refractivity contribution in [3.8, 4) is 11.3 Å². The fourth-order valence-corrected chi connectivity index (χ4v) is 2.39. The molecule has 0 aliphatic heterocycles. The van der Waals surface area contributed by atoms with Gasteiger partial charge in [0, 0.05) is 24.8 Å². The van der Waals surface area contributed by atoms with Crippen LogP contribution in [0.25, 0.3) is 11.3 Å². The zero-order chi connectivity index (χ0) is 13.7. The first-order valence-electron chi connectivity index (χ1n) is 7.08. The standard InChI is InChI=1S/C16H23N3/c1-4-10-17-15(5-2)13-7-6-8-14(12-13)16-9-11-18-19(16)3/h6-9,11-12,15,17H,4-5,10H2,1-3H3. The summed E-state index contributed by atoms with van der Waals surface area (Å²) in [4.78, 5) is 0. The Morgan fingerprint density at radius 3 is 2.74 bits per heavy atom. The number of nitrogens with one attached hydrogen (secondary N) is 1. The van der Waals surface area contributed by atoms with Crippen LogP contribution in [0.4, 0.5) is 0 Å². The molecule has 0 aliphatic rings. The summed E-state index contributed by atoms with van der Waals surface area (Å²) in [7, 11) is 1.98. The fraction of sp³-hybridized carbons (Fsp3) is 0.438. The SMILES string of the molecule is CCCNC(CC)c1cccc(-c2ccnn2C)c1. The summed E-state index contributed by atoms with van der Waals surface area (Å²) >= 11 is 0. The highest BCUT2D eigenvalue weighted by molar-refractivity contribution is 5.60. The number of benzene rings is 1. The molecule has 19 heavy (non-hydrogen) atoms. The second-order valence-corrected chi connectivity index (χ2v) is 4.88.